The van der Waals surface area contributed by atoms with Crippen LogP contribution >= 0.6 is 22.7 Å². The average Bonchev–Trinajstić information content (AvgIpc) is 3.13. The van der Waals surface area contributed by atoms with Crippen LogP contribution in [0.15, 0.2) is 23.6 Å². The molecule has 0 aliphatic rings. The molecule has 0 atom stereocenters. The van der Waals surface area contributed by atoms with Gasteiger partial charge in [-0.1, -0.05) is 11.3 Å². The first kappa shape index (κ1) is 15.6. The summed E-state index contributed by atoms with van der Waals surface area (Å²) in [6.07, 6.45) is 0. The fraction of sp³-hybridized carbons (Fsp3) is 0.200. The summed E-state index contributed by atoms with van der Waals surface area (Å²) >= 11 is 2.96. The van der Waals surface area contributed by atoms with Gasteiger partial charge in [-0.05, 0) is 19.1 Å². The third-order valence-electron chi connectivity index (χ3n) is 3.20. The summed E-state index contributed by atoms with van der Waals surface area (Å²) in [5.41, 5.74) is 8.35. The molecule has 1 aromatic carbocycles. The molecule has 6 nitrogen and oxygen atoms in total. The molecule has 3 aromatic rings. The van der Waals surface area contributed by atoms with Gasteiger partial charge in [-0.3, -0.25) is 0 Å². The highest BCUT2D eigenvalue weighted by molar-refractivity contribution is 7.19. The number of nitrogens with two attached hydrogens (primary N) is 1. The Kier molecular flexibility index (Phi) is 4.35. The molecule has 0 amide bonds. The van der Waals surface area contributed by atoms with E-state index >= 15 is 0 Å². The highest BCUT2D eigenvalue weighted by Crippen LogP contribution is 2.36. The number of hydrogen-bond donors (Lipinski definition) is 2. The zero-order chi connectivity index (χ0) is 16.4. The first-order valence-corrected chi connectivity index (χ1v) is 8.48. The maximum atomic E-state index is 5.75. The molecule has 3 N–H and O–H groups in total. The van der Waals surface area contributed by atoms with Crippen molar-refractivity contribution in [3.8, 4) is 22.1 Å². The van der Waals surface area contributed by atoms with Crippen LogP contribution in [0.4, 0.5) is 16.0 Å². The van der Waals surface area contributed by atoms with E-state index in [1.54, 1.807) is 14.2 Å². The molecule has 8 heteroatoms. The van der Waals surface area contributed by atoms with Crippen LogP contribution in [0.5, 0.6) is 11.5 Å². The Morgan fingerprint density at radius 1 is 1.17 bits per heavy atom. The molecule has 2 heterocycles. The Balaban J connectivity index is 1.86. The van der Waals surface area contributed by atoms with Crippen LogP contribution in [-0.4, -0.2) is 24.2 Å². The van der Waals surface area contributed by atoms with Gasteiger partial charge in [-0.2, -0.15) is 0 Å². The Bertz CT molecular complexity index is 829. The van der Waals surface area contributed by atoms with E-state index in [1.165, 1.54) is 22.7 Å². The molecule has 0 aliphatic carbocycles. The number of nitrogen functional groups attached to an aromatic ring is 1. The molecule has 23 heavy (non-hydrogen) atoms. The van der Waals surface area contributed by atoms with Crippen molar-refractivity contribution >= 4 is 38.6 Å². The Hall–Kier alpha value is -2.32. The molecule has 0 saturated carbocycles. The van der Waals surface area contributed by atoms with Crippen LogP contribution in [0.3, 0.4) is 0 Å². The van der Waals surface area contributed by atoms with Gasteiger partial charge in [0.2, 0.25) is 0 Å². The number of nitrogens with one attached hydrogen (secondary N) is 1. The van der Waals surface area contributed by atoms with Gasteiger partial charge in [0, 0.05) is 11.4 Å². The lowest BCUT2D eigenvalue weighted by molar-refractivity contribution is 0.395. The summed E-state index contributed by atoms with van der Waals surface area (Å²) in [5, 5.41) is 6.58. The standard InChI is InChI=1S/C15H16N4O2S2/c1-8-13(23-14(16)17-8)11-7-22-15(19-11)18-10-5-4-9(20-2)6-12(10)21-3/h4-7H,1-3H3,(H2,16,17)(H,18,19). The van der Waals surface area contributed by atoms with Crippen LogP contribution in [0.1, 0.15) is 5.69 Å². The number of aromatic nitrogens is 2. The molecule has 3 rings (SSSR count). The monoisotopic (exact) mass is 348 g/mol. The van der Waals surface area contributed by atoms with Crippen molar-refractivity contribution in [2.24, 2.45) is 0 Å². The van der Waals surface area contributed by atoms with E-state index in [0.717, 1.165) is 32.8 Å². The van der Waals surface area contributed by atoms with Gasteiger partial charge in [-0.25, -0.2) is 9.97 Å². The lowest BCUT2D eigenvalue weighted by Gasteiger charge is -2.10. The van der Waals surface area contributed by atoms with E-state index in [4.69, 9.17) is 15.2 Å². The van der Waals surface area contributed by atoms with Crippen molar-refractivity contribution in [2.45, 2.75) is 6.92 Å². The minimum atomic E-state index is 0.553. The van der Waals surface area contributed by atoms with Crippen molar-refractivity contribution in [3.63, 3.8) is 0 Å². The van der Waals surface area contributed by atoms with Crippen LogP contribution in [0.25, 0.3) is 10.6 Å². The van der Waals surface area contributed by atoms with Crippen LogP contribution in [-0.2, 0) is 0 Å². The summed E-state index contributed by atoms with van der Waals surface area (Å²) in [5.74, 6) is 1.43. The Morgan fingerprint density at radius 2 is 2.00 bits per heavy atom. The second-order valence-electron chi connectivity index (χ2n) is 4.70. The molecule has 0 saturated heterocycles. The second-order valence-corrected chi connectivity index (χ2v) is 6.58. The van der Waals surface area contributed by atoms with Crippen LogP contribution in [0, 0.1) is 6.92 Å². The minimum absolute atomic E-state index is 0.553. The molecular weight excluding hydrogens is 332 g/mol. The maximum absolute atomic E-state index is 5.75. The largest absolute Gasteiger partial charge is 0.497 e. The van der Waals surface area contributed by atoms with Crippen LogP contribution in [0.2, 0.25) is 0 Å². The molecule has 120 valence electrons. The van der Waals surface area contributed by atoms with Crippen molar-refractivity contribution in [1.82, 2.24) is 9.97 Å². The number of methoxy groups -OCH3 is 2. The molecule has 0 spiro atoms. The summed E-state index contributed by atoms with van der Waals surface area (Å²) in [4.78, 5) is 9.83. The number of hydrogen-bond acceptors (Lipinski definition) is 8. The number of aryl methyl sites for hydroxylation is 1. The molecular formula is C15H16N4O2S2. The average molecular weight is 348 g/mol. The number of nitrogens with zero attached hydrogens (tertiary/aromatic N) is 2. The van der Waals surface area contributed by atoms with Gasteiger partial charge >= 0.3 is 0 Å². The maximum Gasteiger partial charge on any atom is 0.187 e. The fourth-order valence-electron chi connectivity index (χ4n) is 2.11. The third-order valence-corrected chi connectivity index (χ3v) is 4.97. The normalized spacial score (nSPS) is 10.6. The van der Waals surface area contributed by atoms with Crippen molar-refractivity contribution in [1.29, 1.82) is 0 Å². The van der Waals surface area contributed by atoms with E-state index in [2.05, 4.69) is 15.3 Å². The van der Waals surface area contributed by atoms with E-state index < -0.39 is 0 Å². The smallest absolute Gasteiger partial charge is 0.187 e. The van der Waals surface area contributed by atoms with Crippen molar-refractivity contribution in [2.75, 3.05) is 25.3 Å². The Labute approximate surface area is 141 Å². The third kappa shape index (κ3) is 3.22. The quantitative estimate of drug-likeness (QED) is 0.727. The number of thiazole rings is 2. The Morgan fingerprint density at radius 3 is 2.65 bits per heavy atom. The zero-order valence-electron chi connectivity index (χ0n) is 12.9. The molecule has 0 aliphatic heterocycles. The van der Waals surface area contributed by atoms with E-state index in [-0.39, 0.29) is 0 Å². The van der Waals surface area contributed by atoms with Gasteiger partial charge in [0.05, 0.1) is 36.2 Å². The van der Waals surface area contributed by atoms with Gasteiger partial charge in [0.1, 0.15) is 11.5 Å². The molecule has 2 aromatic heterocycles. The zero-order valence-corrected chi connectivity index (χ0v) is 14.5. The predicted molar refractivity (Wildman–Crippen MR) is 95.2 cm³/mol. The van der Waals surface area contributed by atoms with E-state index in [0.29, 0.717) is 10.9 Å². The highest BCUT2D eigenvalue weighted by atomic mass is 32.1. The van der Waals surface area contributed by atoms with Crippen LogP contribution < -0.4 is 20.5 Å². The summed E-state index contributed by atoms with van der Waals surface area (Å²) < 4.78 is 10.6. The molecule has 0 bridgehead atoms. The number of ether oxygens (including phenoxy) is 2. The van der Waals surface area contributed by atoms with Crippen molar-refractivity contribution < 1.29 is 9.47 Å². The lowest BCUT2D eigenvalue weighted by Crippen LogP contribution is -1.95. The summed E-state index contributed by atoms with van der Waals surface area (Å²) in [6, 6.07) is 5.59. The number of anilines is 3. The fourth-order valence-corrected chi connectivity index (χ4v) is 3.69. The van der Waals surface area contributed by atoms with Crippen molar-refractivity contribution in [3.05, 3.63) is 29.3 Å². The molecule has 0 unspecified atom stereocenters. The predicted octanol–water partition coefficient (Wildman–Crippen LogP) is 3.92. The van der Waals surface area contributed by atoms with Gasteiger partial charge < -0.3 is 20.5 Å². The molecule has 0 radical (unpaired) electrons. The molecule has 0 fully saturated rings. The first-order valence-electron chi connectivity index (χ1n) is 6.78. The topological polar surface area (TPSA) is 82.3 Å². The van der Waals surface area contributed by atoms with Gasteiger partial charge in [0.15, 0.2) is 10.3 Å². The minimum Gasteiger partial charge on any atom is -0.497 e. The van der Waals surface area contributed by atoms with Gasteiger partial charge in [0.25, 0.3) is 0 Å². The summed E-state index contributed by atoms with van der Waals surface area (Å²) in [7, 11) is 3.24. The SMILES string of the molecule is COc1ccc(Nc2nc(-c3sc(N)nc3C)cs2)c(OC)c1. The van der Waals surface area contributed by atoms with E-state index in [1.807, 2.05) is 30.5 Å². The number of benzene rings is 1. The first-order chi connectivity index (χ1) is 11.1. The van der Waals surface area contributed by atoms with Gasteiger partial charge in [-0.15, -0.1) is 11.3 Å². The lowest BCUT2D eigenvalue weighted by atomic mass is 10.2. The van der Waals surface area contributed by atoms with E-state index in [9.17, 15) is 0 Å². The second kappa shape index (κ2) is 6.43. The highest BCUT2D eigenvalue weighted by Gasteiger charge is 2.13. The number of rotatable bonds is 5. The summed E-state index contributed by atoms with van der Waals surface area (Å²) in [6.45, 7) is 1.93.